The molecule has 1 amide bonds. The lowest BCUT2D eigenvalue weighted by atomic mass is 9.95. The van der Waals surface area contributed by atoms with E-state index in [2.05, 4.69) is 31.5 Å². The molecule has 0 saturated heterocycles. The average molecular weight is 470 g/mol. The number of halogens is 1. The van der Waals surface area contributed by atoms with Gasteiger partial charge >= 0.3 is 0 Å². The third-order valence-corrected chi connectivity index (χ3v) is 7.08. The van der Waals surface area contributed by atoms with Crippen molar-refractivity contribution in [3.8, 4) is 11.8 Å². The highest BCUT2D eigenvalue weighted by atomic mass is 35.5. The first-order valence-corrected chi connectivity index (χ1v) is 11.9. The summed E-state index contributed by atoms with van der Waals surface area (Å²) in [5.41, 5.74) is 3.26. The summed E-state index contributed by atoms with van der Waals surface area (Å²) in [7, 11) is 0. The second-order valence-corrected chi connectivity index (χ2v) is 9.27. The monoisotopic (exact) mass is 469 g/mol. The summed E-state index contributed by atoms with van der Waals surface area (Å²) < 4.78 is 3.72. The Bertz CT molecular complexity index is 1160. The molecule has 2 heterocycles. The van der Waals surface area contributed by atoms with Crippen LogP contribution in [-0.2, 0) is 4.79 Å². The first-order valence-electron chi connectivity index (χ1n) is 10.6. The van der Waals surface area contributed by atoms with Crippen molar-refractivity contribution in [2.45, 2.75) is 57.1 Å². The molecule has 2 aromatic heterocycles. The Morgan fingerprint density at radius 1 is 1.25 bits per heavy atom. The van der Waals surface area contributed by atoms with Crippen LogP contribution in [0.15, 0.2) is 29.4 Å². The molecule has 0 radical (unpaired) electrons. The van der Waals surface area contributed by atoms with Crippen LogP contribution in [0.5, 0.6) is 0 Å². The number of carbonyl (C=O) groups excluding carboxylic acids is 1. The maximum atomic E-state index is 12.9. The van der Waals surface area contributed by atoms with Gasteiger partial charge in [-0.05, 0) is 66.9 Å². The molecular weight excluding hydrogens is 446 g/mol. The quantitative estimate of drug-likeness (QED) is 0.518. The van der Waals surface area contributed by atoms with Crippen molar-refractivity contribution in [2.75, 3.05) is 11.1 Å². The topological polar surface area (TPSA) is 101 Å². The number of nitrogens with one attached hydrogen (secondary N) is 1. The molecule has 0 atom stereocenters. The maximum absolute atomic E-state index is 12.9. The molecule has 4 rings (SSSR count). The number of hydrogen-bond acceptors (Lipinski definition) is 6. The van der Waals surface area contributed by atoms with Crippen molar-refractivity contribution in [1.82, 2.24) is 24.8 Å². The number of thioether (sulfide) groups is 1. The van der Waals surface area contributed by atoms with Gasteiger partial charge in [-0.3, -0.25) is 4.79 Å². The Balaban J connectivity index is 1.51. The molecule has 10 heteroatoms. The number of amides is 1. The zero-order valence-electron chi connectivity index (χ0n) is 18.0. The number of aromatic nitrogens is 5. The predicted octanol–water partition coefficient (Wildman–Crippen LogP) is 4.84. The van der Waals surface area contributed by atoms with Crippen molar-refractivity contribution in [3.05, 3.63) is 46.1 Å². The number of nitriles is 1. The Morgan fingerprint density at radius 3 is 2.66 bits per heavy atom. The minimum Gasteiger partial charge on any atom is -0.327 e. The van der Waals surface area contributed by atoms with Crippen LogP contribution in [0, 0.1) is 25.2 Å². The second-order valence-electron chi connectivity index (χ2n) is 7.89. The number of carbonyl (C=O) groups is 1. The van der Waals surface area contributed by atoms with Gasteiger partial charge in [0, 0.05) is 16.8 Å². The first kappa shape index (κ1) is 22.4. The van der Waals surface area contributed by atoms with Crippen LogP contribution in [0.2, 0.25) is 5.02 Å². The number of anilines is 1. The van der Waals surface area contributed by atoms with Gasteiger partial charge in [0.1, 0.15) is 11.9 Å². The lowest BCUT2D eigenvalue weighted by Crippen LogP contribution is -2.22. The first-order chi connectivity index (χ1) is 15.5. The summed E-state index contributed by atoms with van der Waals surface area (Å²) in [4.78, 5) is 12.9. The van der Waals surface area contributed by atoms with Crippen LogP contribution in [0.4, 0.5) is 5.82 Å². The smallest absolute Gasteiger partial charge is 0.235 e. The van der Waals surface area contributed by atoms with Crippen LogP contribution in [0.3, 0.4) is 0 Å². The average Bonchev–Trinajstić information content (AvgIpc) is 3.36. The highest BCUT2D eigenvalue weighted by molar-refractivity contribution is 7.99. The molecule has 3 aromatic rings. The van der Waals surface area contributed by atoms with Gasteiger partial charge in [0.15, 0.2) is 0 Å². The highest BCUT2D eigenvalue weighted by Gasteiger charge is 2.26. The molecule has 8 nitrogen and oxygen atoms in total. The van der Waals surface area contributed by atoms with E-state index < -0.39 is 0 Å². The molecule has 0 aliphatic heterocycles. The van der Waals surface area contributed by atoms with E-state index in [4.69, 9.17) is 11.6 Å². The highest BCUT2D eigenvalue weighted by Crippen LogP contribution is 2.36. The van der Waals surface area contributed by atoms with Crippen molar-refractivity contribution in [3.63, 3.8) is 0 Å². The van der Waals surface area contributed by atoms with Gasteiger partial charge < -0.3 is 9.88 Å². The Hall–Kier alpha value is -2.83. The van der Waals surface area contributed by atoms with E-state index in [1.165, 1.54) is 31.0 Å². The lowest BCUT2D eigenvalue weighted by molar-refractivity contribution is -0.113. The van der Waals surface area contributed by atoms with Gasteiger partial charge in [-0.15, -0.1) is 5.10 Å². The standard InChI is InChI=1S/C22H24ClN7OS/c1-14-15(2)29(17-6-4-3-5-7-17)21(19(14)12-24)25-20(31)13-32-22-26-27-28-30(22)18-10-8-16(23)9-11-18/h8-11,17H,3-7,13H2,1-2H3,(H,25,31). The van der Waals surface area contributed by atoms with Crippen molar-refractivity contribution < 1.29 is 4.79 Å². The zero-order valence-corrected chi connectivity index (χ0v) is 19.6. The van der Waals surface area contributed by atoms with Gasteiger partial charge in [-0.2, -0.15) is 9.94 Å². The van der Waals surface area contributed by atoms with Crippen LogP contribution < -0.4 is 5.32 Å². The molecule has 1 aliphatic carbocycles. The van der Waals surface area contributed by atoms with Crippen LogP contribution in [0.25, 0.3) is 5.69 Å². The van der Waals surface area contributed by atoms with Crippen molar-refractivity contribution in [2.24, 2.45) is 0 Å². The Kier molecular flexibility index (Phi) is 6.82. The largest absolute Gasteiger partial charge is 0.327 e. The van der Waals surface area contributed by atoms with Gasteiger partial charge in [0.2, 0.25) is 11.1 Å². The van der Waals surface area contributed by atoms with Gasteiger partial charge in [-0.25, -0.2) is 0 Å². The fourth-order valence-electron chi connectivity index (χ4n) is 4.19. The number of benzene rings is 1. The van der Waals surface area contributed by atoms with Crippen molar-refractivity contribution in [1.29, 1.82) is 5.26 Å². The van der Waals surface area contributed by atoms with Gasteiger partial charge in [0.25, 0.3) is 0 Å². The number of hydrogen-bond donors (Lipinski definition) is 1. The Morgan fingerprint density at radius 2 is 1.97 bits per heavy atom. The molecule has 0 unspecified atom stereocenters. The molecular formula is C22H24ClN7OS. The fraction of sp³-hybridized carbons (Fsp3) is 0.409. The normalized spacial score (nSPS) is 14.3. The summed E-state index contributed by atoms with van der Waals surface area (Å²) >= 11 is 7.19. The van der Waals surface area contributed by atoms with E-state index in [-0.39, 0.29) is 11.7 Å². The molecule has 32 heavy (non-hydrogen) atoms. The third-order valence-electron chi connectivity index (χ3n) is 5.91. The second kappa shape index (κ2) is 9.76. The van der Waals surface area contributed by atoms with Crippen molar-refractivity contribution >= 4 is 35.1 Å². The fourth-order valence-corrected chi connectivity index (χ4v) is 5.01. The summed E-state index contributed by atoms with van der Waals surface area (Å²) in [6, 6.07) is 9.73. The SMILES string of the molecule is Cc1c(C#N)c(NC(=O)CSc2nnnn2-c2ccc(Cl)cc2)n(C2CCCCC2)c1C. The number of nitrogens with zero attached hydrogens (tertiary/aromatic N) is 6. The van der Waals surface area contributed by atoms with E-state index in [0.29, 0.717) is 27.6 Å². The molecule has 1 saturated carbocycles. The summed E-state index contributed by atoms with van der Waals surface area (Å²) in [5.74, 6) is 0.524. The number of tetrazole rings is 1. The van der Waals surface area contributed by atoms with Crippen LogP contribution in [-0.4, -0.2) is 36.4 Å². The molecule has 166 valence electrons. The van der Waals surface area contributed by atoms with Crippen LogP contribution in [0.1, 0.15) is 55.0 Å². The Labute approximate surface area is 195 Å². The zero-order chi connectivity index (χ0) is 22.7. The summed E-state index contributed by atoms with van der Waals surface area (Å²) in [6.45, 7) is 3.97. The molecule has 1 fully saturated rings. The van der Waals surface area contributed by atoms with E-state index in [1.54, 1.807) is 16.8 Å². The van der Waals surface area contributed by atoms with Crippen LogP contribution >= 0.6 is 23.4 Å². The molecule has 0 spiro atoms. The minimum absolute atomic E-state index is 0.118. The summed E-state index contributed by atoms with van der Waals surface area (Å²) in [6.07, 6.45) is 5.70. The number of rotatable bonds is 6. The van der Waals surface area contributed by atoms with Gasteiger partial charge in [-0.1, -0.05) is 42.6 Å². The molecule has 1 N–H and O–H groups in total. The van der Waals surface area contributed by atoms with E-state index >= 15 is 0 Å². The third kappa shape index (κ3) is 4.52. The lowest BCUT2D eigenvalue weighted by Gasteiger charge is -2.27. The molecule has 0 bridgehead atoms. The van der Waals surface area contributed by atoms with E-state index in [0.717, 1.165) is 29.8 Å². The minimum atomic E-state index is -0.202. The van der Waals surface area contributed by atoms with E-state index in [1.807, 2.05) is 26.0 Å². The molecule has 1 aliphatic rings. The maximum Gasteiger partial charge on any atom is 0.235 e. The summed E-state index contributed by atoms with van der Waals surface area (Å²) in [5, 5.41) is 25.6. The molecule has 1 aromatic carbocycles. The predicted molar refractivity (Wildman–Crippen MR) is 124 cm³/mol. The van der Waals surface area contributed by atoms with Gasteiger partial charge in [0.05, 0.1) is 17.0 Å². The van der Waals surface area contributed by atoms with E-state index in [9.17, 15) is 10.1 Å².